The molecule has 2 fully saturated rings. The van der Waals surface area contributed by atoms with E-state index in [1.807, 2.05) is 13.0 Å². The Labute approximate surface area is 176 Å². The van der Waals surface area contributed by atoms with Crippen molar-refractivity contribution in [1.29, 1.82) is 0 Å². The van der Waals surface area contributed by atoms with Crippen molar-refractivity contribution in [3.05, 3.63) is 46.8 Å². The predicted octanol–water partition coefficient (Wildman–Crippen LogP) is 4.37. The summed E-state index contributed by atoms with van der Waals surface area (Å²) in [5, 5.41) is 10.7. The summed E-state index contributed by atoms with van der Waals surface area (Å²) in [5.74, 6) is -1.14. The Morgan fingerprint density at radius 3 is 2.43 bits per heavy atom. The maximum absolute atomic E-state index is 14.0. The third-order valence-electron chi connectivity index (χ3n) is 6.81. The second-order valence-electron chi connectivity index (χ2n) is 8.64. The lowest BCUT2D eigenvalue weighted by atomic mass is 9.82. The minimum atomic E-state index is -3.26. The van der Waals surface area contributed by atoms with E-state index in [-0.39, 0.29) is 23.4 Å². The lowest BCUT2D eigenvalue weighted by molar-refractivity contribution is -0.136. The Hall–Kier alpha value is -1.99. The van der Waals surface area contributed by atoms with Gasteiger partial charge in [-0.1, -0.05) is 25.0 Å². The van der Waals surface area contributed by atoms with Crippen molar-refractivity contribution >= 4 is 26.8 Å². The van der Waals surface area contributed by atoms with Crippen LogP contribution in [0.5, 0.6) is 0 Å². The van der Waals surface area contributed by atoms with Gasteiger partial charge in [0.15, 0.2) is 0 Å². The van der Waals surface area contributed by atoms with Gasteiger partial charge in [-0.25, -0.2) is 17.1 Å². The molecule has 0 spiro atoms. The molecular weight excluding hydrogens is 405 g/mol. The zero-order valence-corrected chi connectivity index (χ0v) is 18.0. The van der Waals surface area contributed by atoms with Crippen molar-refractivity contribution in [3.63, 3.8) is 0 Å². The quantitative estimate of drug-likeness (QED) is 0.760. The molecule has 2 aliphatic rings. The molecule has 7 heteroatoms. The standard InChI is InChI=1S/C23H28FNO4S/c1-15-18(13-22(26)27)12-17-6-7-19(24)14-21(17)23(15)16-8-10-25(11-9-16)30(28,29)20-4-2-3-5-20/h6-7,12,14,16,20H,2-5,8-11,13H2,1H3,(H,26,27). The number of rotatable bonds is 5. The molecule has 1 saturated carbocycles. The van der Waals surface area contributed by atoms with Crippen LogP contribution in [0.2, 0.25) is 0 Å². The molecule has 0 unspecified atom stereocenters. The van der Waals surface area contributed by atoms with Gasteiger partial charge in [0.25, 0.3) is 0 Å². The molecule has 162 valence electrons. The summed E-state index contributed by atoms with van der Waals surface area (Å²) in [7, 11) is -3.26. The number of nitrogens with zero attached hydrogens (tertiary/aromatic N) is 1. The van der Waals surface area contributed by atoms with Gasteiger partial charge in [0.1, 0.15) is 5.82 Å². The molecule has 2 aromatic carbocycles. The third kappa shape index (κ3) is 3.97. The van der Waals surface area contributed by atoms with Crippen LogP contribution >= 0.6 is 0 Å². The van der Waals surface area contributed by atoms with Gasteiger partial charge in [-0.15, -0.1) is 0 Å². The predicted molar refractivity (Wildman–Crippen MR) is 115 cm³/mol. The highest BCUT2D eigenvalue weighted by molar-refractivity contribution is 7.89. The highest BCUT2D eigenvalue weighted by atomic mass is 32.2. The molecule has 1 heterocycles. The molecule has 0 bridgehead atoms. The normalized spacial score (nSPS) is 19.5. The summed E-state index contributed by atoms with van der Waals surface area (Å²) in [5.41, 5.74) is 2.59. The van der Waals surface area contributed by atoms with Gasteiger partial charge in [0, 0.05) is 13.1 Å². The number of carboxylic acids is 1. The SMILES string of the molecule is Cc1c(CC(=O)O)cc2ccc(F)cc2c1C1CCN(S(=O)(=O)C2CCCC2)CC1. The van der Waals surface area contributed by atoms with Crippen molar-refractivity contribution in [3.8, 4) is 0 Å². The van der Waals surface area contributed by atoms with Crippen LogP contribution < -0.4 is 0 Å². The summed E-state index contributed by atoms with van der Waals surface area (Å²) < 4.78 is 41.6. The Morgan fingerprint density at radius 2 is 1.80 bits per heavy atom. The molecule has 0 radical (unpaired) electrons. The molecule has 0 aromatic heterocycles. The summed E-state index contributed by atoms with van der Waals surface area (Å²) >= 11 is 0. The summed E-state index contributed by atoms with van der Waals surface area (Å²) in [4.78, 5) is 11.3. The zero-order valence-electron chi connectivity index (χ0n) is 17.2. The minimum absolute atomic E-state index is 0.0815. The lowest BCUT2D eigenvalue weighted by Gasteiger charge is -2.34. The van der Waals surface area contributed by atoms with E-state index in [2.05, 4.69) is 0 Å². The Morgan fingerprint density at radius 1 is 1.13 bits per heavy atom. The van der Waals surface area contributed by atoms with Crippen molar-refractivity contribution in [1.82, 2.24) is 4.31 Å². The van der Waals surface area contributed by atoms with Crippen LogP contribution in [-0.4, -0.2) is 42.1 Å². The van der Waals surface area contributed by atoms with E-state index < -0.39 is 16.0 Å². The average Bonchev–Trinajstić information content (AvgIpc) is 3.25. The first kappa shape index (κ1) is 21.2. The van der Waals surface area contributed by atoms with Gasteiger partial charge in [0.05, 0.1) is 11.7 Å². The minimum Gasteiger partial charge on any atom is -0.481 e. The van der Waals surface area contributed by atoms with Gasteiger partial charge < -0.3 is 5.11 Å². The number of piperidine rings is 1. The van der Waals surface area contributed by atoms with Gasteiger partial charge >= 0.3 is 5.97 Å². The van der Waals surface area contributed by atoms with Gasteiger partial charge in [-0.3, -0.25) is 4.79 Å². The number of halogens is 1. The number of benzene rings is 2. The smallest absolute Gasteiger partial charge is 0.307 e. The van der Waals surface area contributed by atoms with Crippen molar-refractivity contribution in [2.24, 2.45) is 0 Å². The van der Waals surface area contributed by atoms with E-state index in [1.54, 1.807) is 10.4 Å². The molecule has 30 heavy (non-hydrogen) atoms. The second-order valence-corrected chi connectivity index (χ2v) is 10.8. The number of sulfonamides is 1. The third-order valence-corrected chi connectivity index (χ3v) is 9.21. The number of hydrogen-bond acceptors (Lipinski definition) is 3. The second kappa shape index (κ2) is 8.27. The van der Waals surface area contributed by atoms with Gasteiger partial charge in [0.2, 0.25) is 10.0 Å². The molecule has 1 saturated heterocycles. The molecule has 1 N–H and O–H groups in total. The maximum atomic E-state index is 14.0. The zero-order chi connectivity index (χ0) is 21.5. The monoisotopic (exact) mass is 433 g/mol. The lowest BCUT2D eigenvalue weighted by Crippen LogP contribution is -2.42. The number of hydrogen-bond donors (Lipinski definition) is 1. The van der Waals surface area contributed by atoms with Crippen LogP contribution in [0.25, 0.3) is 10.8 Å². The molecule has 0 amide bonds. The fourth-order valence-electron chi connectivity index (χ4n) is 5.23. The number of carboxylic acid groups (broad SMARTS) is 1. The van der Waals surface area contributed by atoms with Crippen LogP contribution in [0.3, 0.4) is 0 Å². The first-order valence-electron chi connectivity index (χ1n) is 10.7. The topological polar surface area (TPSA) is 74.7 Å². The highest BCUT2D eigenvalue weighted by Gasteiger charge is 2.36. The molecule has 5 nitrogen and oxygen atoms in total. The largest absolute Gasteiger partial charge is 0.481 e. The summed E-state index contributed by atoms with van der Waals surface area (Å²) in [6, 6.07) is 6.44. The number of fused-ring (bicyclic) bond motifs is 1. The van der Waals surface area contributed by atoms with E-state index in [1.165, 1.54) is 12.1 Å². The molecule has 1 aliphatic heterocycles. The van der Waals surface area contributed by atoms with Crippen LogP contribution in [0.4, 0.5) is 4.39 Å². The summed E-state index contributed by atoms with van der Waals surface area (Å²) in [6.07, 6.45) is 4.71. The molecule has 4 rings (SSSR count). The van der Waals surface area contributed by atoms with E-state index >= 15 is 0 Å². The van der Waals surface area contributed by atoms with Crippen LogP contribution in [-0.2, 0) is 21.2 Å². The fourth-order valence-corrected chi connectivity index (χ4v) is 7.30. The van der Waals surface area contributed by atoms with Crippen molar-refractivity contribution < 1.29 is 22.7 Å². The molecular formula is C23H28FNO4S. The summed E-state index contributed by atoms with van der Waals surface area (Å²) in [6.45, 7) is 2.82. The Balaban J connectivity index is 1.65. The maximum Gasteiger partial charge on any atom is 0.307 e. The average molecular weight is 434 g/mol. The first-order valence-corrected chi connectivity index (χ1v) is 12.2. The van der Waals surface area contributed by atoms with E-state index in [4.69, 9.17) is 0 Å². The number of aliphatic carboxylic acids is 1. The van der Waals surface area contributed by atoms with Gasteiger partial charge in [-0.2, -0.15) is 0 Å². The molecule has 2 aromatic rings. The van der Waals surface area contributed by atoms with Crippen molar-refractivity contribution in [2.45, 2.75) is 63.0 Å². The fraction of sp³-hybridized carbons (Fsp3) is 0.522. The molecule has 0 atom stereocenters. The van der Waals surface area contributed by atoms with Crippen LogP contribution in [0, 0.1) is 12.7 Å². The van der Waals surface area contributed by atoms with E-state index in [0.29, 0.717) is 25.9 Å². The van der Waals surface area contributed by atoms with Gasteiger partial charge in [-0.05, 0) is 78.1 Å². The van der Waals surface area contributed by atoms with Crippen LogP contribution in [0.15, 0.2) is 24.3 Å². The first-order chi connectivity index (χ1) is 14.3. The Kier molecular flexibility index (Phi) is 5.86. The van der Waals surface area contributed by atoms with E-state index in [9.17, 15) is 22.7 Å². The highest BCUT2D eigenvalue weighted by Crippen LogP contribution is 2.39. The Bertz CT molecular complexity index is 1070. The van der Waals surface area contributed by atoms with Crippen molar-refractivity contribution in [2.75, 3.05) is 13.1 Å². The number of carbonyl (C=O) groups is 1. The van der Waals surface area contributed by atoms with Crippen LogP contribution in [0.1, 0.15) is 61.1 Å². The van der Waals surface area contributed by atoms with E-state index in [0.717, 1.165) is 53.1 Å². The molecule has 1 aliphatic carbocycles.